The Hall–Kier alpha value is -3.17. The van der Waals surface area contributed by atoms with Crippen LogP contribution >= 0.6 is 27.3 Å². The van der Waals surface area contributed by atoms with Crippen LogP contribution in [0.5, 0.6) is 11.5 Å². The normalized spacial score (nSPS) is 15.6. The highest BCUT2D eigenvalue weighted by Crippen LogP contribution is 2.36. The predicted molar refractivity (Wildman–Crippen MR) is 134 cm³/mol. The molecule has 0 aliphatic carbocycles. The zero-order valence-corrected chi connectivity index (χ0v) is 21.5. The molecule has 0 radical (unpaired) electrons. The molecule has 34 heavy (non-hydrogen) atoms. The van der Waals surface area contributed by atoms with Crippen LogP contribution in [0.25, 0.3) is 6.08 Å². The van der Waals surface area contributed by atoms with Crippen LogP contribution in [0.15, 0.2) is 68.0 Å². The minimum absolute atomic E-state index is 0.232. The summed E-state index contributed by atoms with van der Waals surface area (Å²) in [6, 6.07) is 12.5. The van der Waals surface area contributed by atoms with E-state index < -0.39 is 12.0 Å². The van der Waals surface area contributed by atoms with Crippen LogP contribution in [-0.4, -0.2) is 31.4 Å². The number of nitrogens with zero attached hydrogens (tertiary/aromatic N) is 2. The number of hydrogen-bond acceptors (Lipinski definition) is 7. The smallest absolute Gasteiger partial charge is 0.338 e. The monoisotopic (exact) mass is 542 g/mol. The summed E-state index contributed by atoms with van der Waals surface area (Å²) < 4.78 is 18.9. The molecular weight excluding hydrogens is 520 g/mol. The maximum absolute atomic E-state index is 13.6. The lowest BCUT2D eigenvalue weighted by atomic mass is 9.96. The molecule has 1 aliphatic rings. The number of halogens is 1. The van der Waals surface area contributed by atoms with Crippen molar-refractivity contribution in [2.75, 3.05) is 20.8 Å². The van der Waals surface area contributed by atoms with Crippen molar-refractivity contribution in [3.05, 3.63) is 89.0 Å². The quantitative estimate of drug-likeness (QED) is 0.445. The van der Waals surface area contributed by atoms with Gasteiger partial charge in [-0.25, -0.2) is 9.79 Å². The molecule has 1 unspecified atom stereocenters. The molecule has 0 bridgehead atoms. The Morgan fingerprint density at radius 1 is 1.21 bits per heavy atom. The third-order valence-corrected chi connectivity index (χ3v) is 6.96. The number of hydrogen-bond donors (Lipinski definition) is 0. The molecule has 0 saturated carbocycles. The Kier molecular flexibility index (Phi) is 7.04. The molecule has 0 amide bonds. The van der Waals surface area contributed by atoms with Gasteiger partial charge in [0.25, 0.3) is 5.56 Å². The van der Waals surface area contributed by atoms with Gasteiger partial charge in [0, 0.05) is 0 Å². The number of methoxy groups -OCH3 is 2. The van der Waals surface area contributed by atoms with E-state index in [1.807, 2.05) is 36.4 Å². The van der Waals surface area contributed by atoms with E-state index in [4.69, 9.17) is 14.2 Å². The summed E-state index contributed by atoms with van der Waals surface area (Å²) in [7, 11) is 3.12. The Morgan fingerprint density at radius 3 is 2.59 bits per heavy atom. The minimum atomic E-state index is -0.629. The number of rotatable bonds is 6. The first-order valence-electron chi connectivity index (χ1n) is 10.6. The van der Waals surface area contributed by atoms with E-state index in [-0.39, 0.29) is 12.2 Å². The van der Waals surface area contributed by atoms with Crippen molar-refractivity contribution in [2.45, 2.75) is 19.9 Å². The number of carbonyl (C=O) groups is 1. The van der Waals surface area contributed by atoms with Gasteiger partial charge in [-0.3, -0.25) is 9.36 Å². The molecule has 1 aliphatic heterocycles. The number of fused-ring (bicyclic) bond motifs is 1. The van der Waals surface area contributed by atoms with E-state index in [0.717, 1.165) is 11.1 Å². The fraction of sp³-hybridized carbons (Fsp3) is 0.240. The molecule has 2 heterocycles. The Morgan fingerprint density at radius 2 is 1.94 bits per heavy atom. The highest BCUT2D eigenvalue weighted by atomic mass is 79.9. The minimum Gasteiger partial charge on any atom is -0.493 e. The second kappa shape index (κ2) is 9.99. The van der Waals surface area contributed by atoms with Gasteiger partial charge in [0.05, 0.1) is 47.1 Å². The molecule has 0 N–H and O–H groups in total. The van der Waals surface area contributed by atoms with Gasteiger partial charge < -0.3 is 14.2 Å². The van der Waals surface area contributed by atoms with Gasteiger partial charge in [0.1, 0.15) is 0 Å². The van der Waals surface area contributed by atoms with Crippen LogP contribution in [0.1, 0.15) is 31.0 Å². The van der Waals surface area contributed by atoms with Crippen molar-refractivity contribution in [3.63, 3.8) is 0 Å². The Balaban J connectivity index is 1.94. The lowest BCUT2D eigenvalue weighted by Crippen LogP contribution is -2.39. The SMILES string of the molecule is CCOC(=O)C1=C(C)N=c2s/c(=C\c3cc(Br)c(OC)c(OC)c3)c(=O)n2C1c1ccccc1. The fourth-order valence-corrected chi connectivity index (χ4v) is 5.58. The van der Waals surface area contributed by atoms with E-state index in [1.54, 1.807) is 44.8 Å². The molecule has 4 rings (SSSR count). The number of carbonyl (C=O) groups excluding carboxylic acids is 1. The maximum atomic E-state index is 13.6. The number of ether oxygens (including phenoxy) is 3. The topological polar surface area (TPSA) is 79.1 Å². The number of benzene rings is 2. The molecule has 1 aromatic heterocycles. The largest absolute Gasteiger partial charge is 0.493 e. The average molecular weight is 543 g/mol. The highest BCUT2D eigenvalue weighted by molar-refractivity contribution is 9.10. The molecular formula is C25H23BrN2O5S. The summed E-state index contributed by atoms with van der Waals surface area (Å²) in [4.78, 5) is 31.6. The van der Waals surface area contributed by atoms with Gasteiger partial charge in [-0.1, -0.05) is 41.7 Å². The van der Waals surface area contributed by atoms with Crippen LogP contribution < -0.4 is 24.4 Å². The fourth-order valence-electron chi connectivity index (χ4n) is 3.91. The van der Waals surface area contributed by atoms with Gasteiger partial charge in [0.2, 0.25) is 0 Å². The predicted octanol–water partition coefficient (Wildman–Crippen LogP) is 3.58. The standard InChI is InChI=1S/C25H23BrN2O5S/c1-5-33-24(30)20-14(2)27-25-28(21(20)16-9-7-6-8-10-16)23(29)19(34-25)13-15-11-17(26)22(32-4)18(12-15)31-3/h6-13,21H,5H2,1-4H3/b19-13-. The van der Waals surface area contributed by atoms with Crippen molar-refractivity contribution in [1.29, 1.82) is 0 Å². The van der Waals surface area contributed by atoms with E-state index in [0.29, 0.717) is 36.6 Å². The highest BCUT2D eigenvalue weighted by Gasteiger charge is 2.33. The maximum Gasteiger partial charge on any atom is 0.338 e. The van der Waals surface area contributed by atoms with Gasteiger partial charge in [-0.05, 0) is 59.1 Å². The second-order valence-electron chi connectivity index (χ2n) is 7.45. The van der Waals surface area contributed by atoms with Crippen LogP contribution in [0.4, 0.5) is 0 Å². The van der Waals surface area contributed by atoms with Crippen LogP contribution in [0.2, 0.25) is 0 Å². The Labute approximate surface area is 208 Å². The lowest BCUT2D eigenvalue weighted by Gasteiger charge is -2.24. The van der Waals surface area contributed by atoms with Gasteiger partial charge in [-0.15, -0.1) is 0 Å². The van der Waals surface area contributed by atoms with Crippen molar-refractivity contribution in [3.8, 4) is 11.5 Å². The average Bonchev–Trinajstić information content (AvgIpc) is 3.12. The number of aromatic nitrogens is 1. The van der Waals surface area contributed by atoms with Crippen molar-refractivity contribution in [1.82, 2.24) is 4.57 Å². The van der Waals surface area contributed by atoms with Crippen LogP contribution in [-0.2, 0) is 9.53 Å². The second-order valence-corrected chi connectivity index (χ2v) is 9.31. The third-order valence-electron chi connectivity index (χ3n) is 5.39. The van der Waals surface area contributed by atoms with Crippen molar-refractivity contribution < 1.29 is 19.0 Å². The van der Waals surface area contributed by atoms with Crippen molar-refractivity contribution >= 4 is 39.3 Å². The third kappa shape index (κ3) is 4.33. The van der Waals surface area contributed by atoms with Gasteiger partial charge in [-0.2, -0.15) is 0 Å². The van der Waals surface area contributed by atoms with E-state index in [1.165, 1.54) is 11.3 Å². The molecule has 1 atom stereocenters. The van der Waals surface area contributed by atoms with Crippen molar-refractivity contribution in [2.24, 2.45) is 4.99 Å². The summed E-state index contributed by atoms with van der Waals surface area (Å²) in [6.07, 6.45) is 1.78. The van der Waals surface area contributed by atoms with E-state index >= 15 is 0 Å². The number of esters is 1. The van der Waals surface area contributed by atoms with E-state index in [2.05, 4.69) is 20.9 Å². The van der Waals surface area contributed by atoms with Crippen LogP contribution in [0, 0.1) is 0 Å². The first-order valence-corrected chi connectivity index (χ1v) is 12.2. The molecule has 7 nitrogen and oxygen atoms in total. The number of allylic oxidation sites excluding steroid dienone is 1. The zero-order chi connectivity index (χ0) is 24.4. The zero-order valence-electron chi connectivity index (χ0n) is 19.1. The molecule has 0 spiro atoms. The summed E-state index contributed by atoms with van der Waals surface area (Å²) in [5.74, 6) is 0.633. The molecule has 3 aromatic rings. The van der Waals surface area contributed by atoms with Gasteiger partial charge in [0.15, 0.2) is 16.3 Å². The molecule has 2 aromatic carbocycles. The summed E-state index contributed by atoms with van der Waals surface area (Å²) in [5.41, 5.74) is 2.22. The molecule has 0 saturated heterocycles. The van der Waals surface area contributed by atoms with Crippen LogP contribution in [0.3, 0.4) is 0 Å². The molecule has 176 valence electrons. The summed E-state index contributed by atoms with van der Waals surface area (Å²) in [6.45, 7) is 3.75. The molecule has 9 heteroatoms. The van der Waals surface area contributed by atoms with Gasteiger partial charge >= 0.3 is 5.97 Å². The summed E-state index contributed by atoms with van der Waals surface area (Å²) >= 11 is 4.76. The lowest BCUT2D eigenvalue weighted by molar-refractivity contribution is -0.139. The Bertz CT molecular complexity index is 1460. The number of thiazole rings is 1. The first-order chi connectivity index (χ1) is 16.4. The van der Waals surface area contributed by atoms with E-state index in [9.17, 15) is 9.59 Å². The summed E-state index contributed by atoms with van der Waals surface area (Å²) in [5, 5.41) is 0. The molecule has 0 fully saturated rings. The first kappa shape index (κ1) is 24.0.